The number of hydrogen-bond donors (Lipinski definition) is 4. The van der Waals surface area contributed by atoms with Crippen LogP contribution in [0.25, 0.3) is 0 Å². The van der Waals surface area contributed by atoms with Crippen LogP contribution in [0.1, 0.15) is 158 Å². The molecule has 50 heavy (non-hydrogen) atoms. The van der Waals surface area contributed by atoms with Crippen LogP contribution in [-0.2, 0) is 42.7 Å². The zero-order valence-corrected chi connectivity index (χ0v) is 36.0. The molecule has 0 amide bonds. The van der Waals surface area contributed by atoms with Gasteiger partial charge < -0.3 is 20.4 Å². The molecule has 2 aromatic rings. The molecule has 2 aromatic carbocycles. The maximum atomic E-state index is 10.7. The van der Waals surface area contributed by atoms with Crippen LogP contribution in [0.2, 0.25) is 0 Å². The monoisotopic (exact) mass is 733 g/mol. The number of rotatable bonds is 6. The third-order valence-electron chi connectivity index (χ3n) is 8.76. The van der Waals surface area contributed by atoms with Gasteiger partial charge in [0.1, 0.15) is 11.5 Å². The molecule has 0 spiro atoms. The normalized spacial score (nSPS) is 14.5. The minimum atomic E-state index is -0.201. The standard InChI is InChI=1S/2C21H35NO2.O.V/c2*1-19(2,3)15-10-14(12-22-17(13-23)21(7,8)9)18(24)16(11-15)20(4,5)6;;/h2*10-12,17,23-24H,13H2,1-9H3;;/t2*17-;;/m11../s1. The fourth-order valence-corrected chi connectivity index (χ4v) is 4.95. The van der Waals surface area contributed by atoms with Crippen LogP contribution >= 0.6 is 0 Å². The summed E-state index contributed by atoms with van der Waals surface area (Å²) in [6.45, 7) is 37.9. The Kier molecular flexibility index (Phi) is 17.1. The molecule has 2 rings (SSSR count). The number of phenols is 2. The Morgan fingerprint density at radius 1 is 0.520 bits per heavy atom. The van der Waals surface area contributed by atoms with Crippen molar-refractivity contribution < 1.29 is 41.5 Å². The van der Waals surface area contributed by atoms with E-state index in [1.165, 1.54) is 11.1 Å². The summed E-state index contributed by atoms with van der Waals surface area (Å²) in [5.41, 5.74) is 5.01. The number of nitrogens with zero attached hydrogens (tertiary/aromatic N) is 2. The Morgan fingerprint density at radius 2 is 0.780 bits per heavy atom. The number of aliphatic hydroxyl groups excluding tert-OH is 2. The second-order valence-electron chi connectivity index (χ2n) is 19.6. The second-order valence-corrected chi connectivity index (χ2v) is 19.6. The molecule has 7 nitrogen and oxygen atoms in total. The Hall–Kier alpha value is -2.32. The summed E-state index contributed by atoms with van der Waals surface area (Å²) in [5, 5.41) is 40.7. The predicted molar refractivity (Wildman–Crippen MR) is 208 cm³/mol. The first-order chi connectivity index (χ1) is 22.3. The van der Waals surface area contributed by atoms with Crippen LogP contribution in [0.15, 0.2) is 34.3 Å². The number of aliphatic imine (C=N–C) groups is 2. The van der Waals surface area contributed by atoms with E-state index in [1.807, 2.05) is 12.1 Å². The van der Waals surface area contributed by atoms with Gasteiger partial charge in [-0.2, -0.15) is 0 Å². The van der Waals surface area contributed by atoms with Crippen molar-refractivity contribution in [3.05, 3.63) is 57.6 Å². The van der Waals surface area contributed by atoms with Crippen molar-refractivity contribution in [2.75, 3.05) is 13.2 Å². The van der Waals surface area contributed by atoms with Crippen molar-refractivity contribution in [1.82, 2.24) is 0 Å². The van der Waals surface area contributed by atoms with Crippen LogP contribution < -0.4 is 0 Å². The third-order valence-corrected chi connectivity index (χ3v) is 8.76. The van der Waals surface area contributed by atoms with E-state index >= 15 is 0 Å². The number of phenolic OH excluding ortho intramolecular Hbond substituents is 2. The molecule has 0 heterocycles. The van der Waals surface area contributed by atoms with E-state index in [0.717, 1.165) is 39.6 Å². The van der Waals surface area contributed by atoms with Gasteiger partial charge in [-0.15, -0.1) is 0 Å². The van der Waals surface area contributed by atoms with Gasteiger partial charge in [0, 0.05) is 34.7 Å². The first-order valence-electron chi connectivity index (χ1n) is 17.6. The van der Waals surface area contributed by atoms with E-state index in [1.54, 1.807) is 12.4 Å². The van der Waals surface area contributed by atoms with Gasteiger partial charge in [-0.25, -0.2) is 0 Å². The van der Waals surface area contributed by atoms with E-state index in [2.05, 4.69) is 147 Å². The van der Waals surface area contributed by atoms with E-state index in [9.17, 15) is 20.4 Å². The summed E-state index contributed by atoms with van der Waals surface area (Å²) in [6, 6.07) is 7.80. The topological polar surface area (TPSA) is 123 Å². The fourth-order valence-electron chi connectivity index (χ4n) is 4.95. The van der Waals surface area contributed by atoms with Gasteiger partial charge in [0.25, 0.3) is 0 Å². The molecule has 0 aliphatic rings. The number of aliphatic hydroxyl groups is 2. The maximum absolute atomic E-state index is 10.7. The van der Waals surface area contributed by atoms with Crippen LogP contribution in [0.5, 0.6) is 11.5 Å². The Morgan fingerprint density at radius 3 is 0.960 bits per heavy atom. The molecule has 0 fully saturated rings. The van der Waals surface area contributed by atoms with Crippen molar-refractivity contribution in [1.29, 1.82) is 0 Å². The summed E-state index contributed by atoms with van der Waals surface area (Å²) >= 11 is 1.06. The molecular formula is C42H70N2O5V. The molecule has 283 valence electrons. The summed E-state index contributed by atoms with van der Waals surface area (Å²) in [7, 11) is 0. The molecule has 0 aliphatic heterocycles. The molecule has 0 unspecified atom stereocenters. The van der Waals surface area contributed by atoms with Gasteiger partial charge >= 0.3 is 21.0 Å². The zero-order valence-electron chi connectivity index (χ0n) is 34.6. The molecule has 0 radical (unpaired) electrons. The van der Waals surface area contributed by atoms with Crippen molar-refractivity contribution in [2.45, 2.75) is 158 Å². The van der Waals surface area contributed by atoms with E-state index in [4.69, 9.17) is 3.67 Å². The molecule has 0 saturated carbocycles. The van der Waals surface area contributed by atoms with Crippen LogP contribution in [-0.4, -0.2) is 58.2 Å². The van der Waals surface area contributed by atoms with Crippen molar-refractivity contribution in [3.8, 4) is 11.5 Å². The van der Waals surface area contributed by atoms with Crippen LogP contribution in [0.4, 0.5) is 0 Å². The Bertz CT molecular complexity index is 1330. The molecular weight excluding hydrogens is 663 g/mol. The van der Waals surface area contributed by atoms with E-state index < -0.39 is 0 Å². The average molecular weight is 734 g/mol. The van der Waals surface area contributed by atoms with Gasteiger partial charge in [-0.05, 0) is 55.7 Å². The zero-order chi connectivity index (χ0) is 39.8. The molecule has 0 aromatic heterocycles. The Balaban J connectivity index is 0.000000915. The van der Waals surface area contributed by atoms with Crippen molar-refractivity contribution in [2.24, 2.45) is 20.8 Å². The van der Waals surface area contributed by atoms with Crippen molar-refractivity contribution in [3.63, 3.8) is 0 Å². The average Bonchev–Trinajstić information content (AvgIpc) is 2.92. The summed E-state index contributed by atoms with van der Waals surface area (Å²) in [6.07, 6.45) is 3.43. The minimum absolute atomic E-state index is 0.00808. The Labute approximate surface area is 314 Å². The first kappa shape index (κ1) is 47.7. The molecule has 0 aliphatic carbocycles. The first-order valence-corrected chi connectivity index (χ1v) is 18.1. The van der Waals surface area contributed by atoms with Crippen LogP contribution in [0.3, 0.4) is 0 Å². The molecule has 0 bridgehead atoms. The predicted octanol–water partition coefficient (Wildman–Crippen LogP) is 9.50. The van der Waals surface area contributed by atoms with Crippen LogP contribution in [0, 0.1) is 10.8 Å². The quantitative estimate of drug-likeness (QED) is 0.220. The number of benzene rings is 2. The van der Waals surface area contributed by atoms with E-state index in [0.29, 0.717) is 0 Å². The molecule has 8 heteroatoms. The third kappa shape index (κ3) is 14.4. The summed E-state index contributed by atoms with van der Waals surface area (Å²) in [4.78, 5) is 9.11. The van der Waals surface area contributed by atoms with Gasteiger partial charge in [-0.3, -0.25) is 9.98 Å². The number of aromatic hydroxyl groups is 2. The van der Waals surface area contributed by atoms with Gasteiger partial charge in [0.05, 0.1) is 25.3 Å². The summed E-state index contributed by atoms with van der Waals surface area (Å²) in [5.74, 6) is 0.565. The molecule has 0 saturated heterocycles. The summed E-state index contributed by atoms with van der Waals surface area (Å²) < 4.78 is 8.19. The fraction of sp³-hybridized carbons (Fsp3) is 0.667. The van der Waals surface area contributed by atoms with Gasteiger partial charge in [-0.1, -0.05) is 137 Å². The van der Waals surface area contributed by atoms with Gasteiger partial charge in [0.2, 0.25) is 0 Å². The molecule has 4 N–H and O–H groups in total. The van der Waals surface area contributed by atoms with Gasteiger partial charge in [0.15, 0.2) is 0 Å². The van der Waals surface area contributed by atoms with Crippen molar-refractivity contribution >= 4 is 12.4 Å². The molecule has 2 atom stereocenters. The second kappa shape index (κ2) is 17.9. The SMILES string of the molecule is CC(C)(C)c1cc(C=N[C@H](CO)C(C)(C)C)c(O)c(C(C)(C)C)c1.CC(C)(C)c1cc(C=N[C@H](CO)C(C)(C)C)c(O)c(C(C)(C)C)c1.[O]=[V]. The number of hydrogen-bond acceptors (Lipinski definition) is 7. The van der Waals surface area contributed by atoms with E-state index in [-0.39, 0.29) is 69.3 Å².